The molecule has 5 nitrogen and oxygen atoms in total. The van der Waals surface area contributed by atoms with Gasteiger partial charge in [-0.3, -0.25) is 9.69 Å². The highest BCUT2D eigenvalue weighted by molar-refractivity contribution is 5.78. The predicted molar refractivity (Wildman–Crippen MR) is 113 cm³/mol. The highest BCUT2D eigenvalue weighted by Gasteiger charge is 2.26. The largest absolute Gasteiger partial charge is 0.369 e. The molecule has 0 aromatic heterocycles. The van der Waals surface area contributed by atoms with Crippen molar-refractivity contribution >= 4 is 11.6 Å². The summed E-state index contributed by atoms with van der Waals surface area (Å²) >= 11 is 0. The van der Waals surface area contributed by atoms with Crippen molar-refractivity contribution in [1.29, 1.82) is 5.26 Å². The fraction of sp³-hybridized carbons (Fsp3) is 0.652. The van der Waals surface area contributed by atoms with Crippen molar-refractivity contribution in [2.24, 2.45) is 5.92 Å². The summed E-state index contributed by atoms with van der Waals surface area (Å²) in [5.74, 6) is -2.28. The van der Waals surface area contributed by atoms with Crippen LogP contribution in [0.2, 0.25) is 0 Å². The number of carbonyl (C=O) groups excluding carboxylic acids is 1. The number of rotatable bonds is 7. The van der Waals surface area contributed by atoms with Crippen LogP contribution in [0.3, 0.4) is 0 Å². The lowest BCUT2D eigenvalue weighted by Crippen LogP contribution is -2.47. The molecule has 2 fully saturated rings. The number of benzene rings is 1. The highest BCUT2D eigenvalue weighted by Crippen LogP contribution is 2.30. The van der Waals surface area contributed by atoms with Crippen molar-refractivity contribution in [3.8, 4) is 6.07 Å². The van der Waals surface area contributed by atoms with Gasteiger partial charge in [0.1, 0.15) is 6.42 Å². The van der Waals surface area contributed by atoms with E-state index in [-0.39, 0.29) is 23.9 Å². The molecule has 7 heteroatoms. The lowest BCUT2D eigenvalue weighted by Gasteiger charge is -2.37. The SMILES string of the molecule is CC(F)(F)c1cccc(N2CCN(CC[C@H]3CC[C@H](NC(=O)CC#N)CC3)CC2)c1. The molecule has 164 valence electrons. The molecule has 1 amide bonds. The van der Waals surface area contributed by atoms with Crippen LogP contribution in [-0.2, 0) is 10.7 Å². The molecule has 0 unspecified atom stereocenters. The van der Waals surface area contributed by atoms with E-state index in [1.807, 2.05) is 12.1 Å². The van der Waals surface area contributed by atoms with Crippen molar-refractivity contribution < 1.29 is 13.6 Å². The number of halogens is 2. The summed E-state index contributed by atoms with van der Waals surface area (Å²) in [4.78, 5) is 16.2. The number of amides is 1. The maximum atomic E-state index is 13.6. The Morgan fingerprint density at radius 3 is 2.53 bits per heavy atom. The Kier molecular flexibility index (Phi) is 7.65. The van der Waals surface area contributed by atoms with Gasteiger partial charge in [0.15, 0.2) is 0 Å². The zero-order valence-corrected chi connectivity index (χ0v) is 17.7. The summed E-state index contributed by atoms with van der Waals surface area (Å²) in [6.07, 6.45) is 5.33. The van der Waals surface area contributed by atoms with Crippen LogP contribution in [0.1, 0.15) is 51.0 Å². The number of piperazine rings is 1. The van der Waals surface area contributed by atoms with E-state index in [9.17, 15) is 13.6 Å². The van der Waals surface area contributed by atoms with Gasteiger partial charge in [-0.1, -0.05) is 12.1 Å². The maximum absolute atomic E-state index is 13.6. The molecule has 2 aliphatic rings. The van der Waals surface area contributed by atoms with Gasteiger partial charge in [0, 0.05) is 50.4 Å². The summed E-state index contributed by atoms with van der Waals surface area (Å²) in [6.45, 7) is 5.63. The summed E-state index contributed by atoms with van der Waals surface area (Å²) in [5.41, 5.74) is 0.951. The van der Waals surface area contributed by atoms with Crippen molar-refractivity contribution in [3.05, 3.63) is 29.8 Å². The van der Waals surface area contributed by atoms with E-state index in [1.54, 1.807) is 12.1 Å². The van der Waals surface area contributed by atoms with Gasteiger partial charge < -0.3 is 10.2 Å². The molecular formula is C23H32F2N4O. The van der Waals surface area contributed by atoms with Crippen LogP contribution in [-0.4, -0.2) is 49.6 Å². The van der Waals surface area contributed by atoms with Crippen LogP contribution >= 0.6 is 0 Å². The van der Waals surface area contributed by atoms with Gasteiger partial charge in [-0.15, -0.1) is 0 Å². The van der Waals surface area contributed by atoms with E-state index >= 15 is 0 Å². The number of nitriles is 1. The molecule has 0 atom stereocenters. The summed E-state index contributed by atoms with van der Waals surface area (Å²) in [6, 6.07) is 8.85. The van der Waals surface area contributed by atoms with E-state index in [0.717, 1.165) is 77.4 Å². The van der Waals surface area contributed by atoms with Gasteiger partial charge in [0.25, 0.3) is 5.92 Å². The van der Waals surface area contributed by atoms with Gasteiger partial charge in [-0.05, 0) is 56.7 Å². The second kappa shape index (κ2) is 10.2. The van der Waals surface area contributed by atoms with E-state index in [0.29, 0.717) is 5.92 Å². The minimum atomic E-state index is -2.81. The first kappa shape index (κ1) is 22.5. The zero-order chi connectivity index (χ0) is 21.6. The van der Waals surface area contributed by atoms with E-state index < -0.39 is 5.92 Å². The second-order valence-electron chi connectivity index (χ2n) is 8.68. The number of alkyl halides is 2. The molecule has 1 heterocycles. The Morgan fingerprint density at radius 1 is 1.20 bits per heavy atom. The fourth-order valence-electron chi connectivity index (χ4n) is 4.52. The molecule has 30 heavy (non-hydrogen) atoms. The molecular weight excluding hydrogens is 386 g/mol. The van der Waals surface area contributed by atoms with Gasteiger partial charge in [-0.2, -0.15) is 5.26 Å². The van der Waals surface area contributed by atoms with E-state index in [1.165, 1.54) is 6.07 Å². The monoisotopic (exact) mass is 418 g/mol. The molecule has 1 saturated carbocycles. The first-order valence-electron chi connectivity index (χ1n) is 11.0. The molecule has 0 bridgehead atoms. The molecule has 1 N–H and O–H groups in total. The van der Waals surface area contributed by atoms with Gasteiger partial charge in [0.2, 0.25) is 5.91 Å². The smallest absolute Gasteiger partial charge is 0.270 e. The maximum Gasteiger partial charge on any atom is 0.270 e. The molecule has 1 aromatic rings. The number of nitrogens with one attached hydrogen (secondary N) is 1. The third-order valence-corrected chi connectivity index (χ3v) is 6.40. The first-order valence-corrected chi connectivity index (χ1v) is 11.0. The van der Waals surface area contributed by atoms with Crippen molar-refractivity contribution in [1.82, 2.24) is 10.2 Å². The van der Waals surface area contributed by atoms with E-state index in [2.05, 4.69) is 15.1 Å². The first-order chi connectivity index (χ1) is 14.3. The average molecular weight is 419 g/mol. The van der Waals surface area contributed by atoms with E-state index in [4.69, 9.17) is 5.26 Å². The van der Waals surface area contributed by atoms with Crippen molar-refractivity contribution in [2.45, 2.75) is 57.4 Å². The minimum absolute atomic E-state index is 0.0585. The Balaban J connectivity index is 1.37. The topological polar surface area (TPSA) is 59.4 Å². The number of hydrogen-bond donors (Lipinski definition) is 1. The Hall–Kier alpha value is -2.20. The molecule has 0 radical (unpaired) electrons. The number of anilines is 1. The molecule has 1 aromatic carbocycles. The molecule has 3 rings (SSSR count). The minimum Gasteiger partial charge on any atom is -0.369 e. The van der Waals surface area contributed by atoms with Crippen molar-refractivity contribution in [3.63, 3.8) is 0 Å². The fourth-order valence-corrected chi connectivity index (χ4v) is 4.52. The molecule has 1 aliphatic carbocycles. The summed E-state index contributed by atoms with van der Waals surface area (Å²) in [7, 11) is 0. The highest BCUT2D eigenvalue weighted by atomic mass is 19.3. The van der Waals surface area contributed by atoms with Crippen LogP contribution < -0.4 is 10.2 Å². The Labute approximate surface area is 178 Å². The summed E-state index contributed by atoms with van der Waals surface area (Å²) in [5, 5.41) is 11.5. The van der Waals surface area contributed by atoms with Crippen molar-refractivity contribution in [2.75, 3.05) is 37.6 Å². The molecule has 0 spiro atoms. The summed E-state index contributed by atoms with van der Waals surface area (Å²) < 4.78 is 27.2. The molecule has 1 saturated heterocycles. The Morgan fingerprint density at radius 2 is 1.90 bits per heavy atom. The third-order valence-electron chi connectivity index (χ3n) is 6.40. The number of hydrogen-bond acceptors (Lipinski definition) is 4. The van der Waals surface area contributed by atoms with Crippen LogP contribution in [0.5, 0.6) is 0 Å². The average Bonchev–Trinajstić information content (AvgIpc) is 2.73. The van der Waals surface area contributed by atoms with Crippen LogP contribution in [0.15, 0.2) is 24.3 Å². The predicted octanol–water partition coefficient (Wildman–Crippen LogP) is 3.90. The van der Waals surface area contributed by atoms with Crippen LogP contribution in [0.25, 0.3) is 0 Å². The van der Waals surface area contributed by atoms with Gasteiger partial charge in [-0.25, -0.2) is 8.78 Å². The Bertz CT molecular complexity index is 742. The lowest BCUT2D eigenvalue weighted by atomic mass is 9.84. The quantitative estimate of drug-likeness (QED) is 0.730. The standard InChI is InChI=1S/C23H32F2N4O/c1-23(24,25)19-3-2-4-21(17-19)29-15-13-28(14-16-29)12-10-18-5-7-20(8-6-18)27-22(30)9-11-26/h2-4,17-18,20H,5-10,12-16H2,1H3,(H,27,30)/t18-,20-. The molecule has 1 aliphatic heterocycles. The lowest BCUT2D eigenvalue weighted by molar-refractivity contribution is -0.121. The normalized spacial score (nSPS) is 23.1. The number of nitrogens with zero attached hydrogens (tertiary/aromatic N) is 3. The number of carbonyl (C=O) groups is 1. The van der Waals surface area contributed by atoms with Crippen LogP contribution in [0, 0.1) is 17.2 Å². The third kappa shape index (κ3) is 6.40. The van der Waals surface area contributed by atoms with Gasteiger partial charge in [0.05, 0.1) is 6.07 Å². The van der Waals surface area contributed by atoms with Gasteiger partial charge >= 0.3 is 0 Å². The second-order valence-corrected chi connectivity index (χ2v) is 8.68. The van der Waals surface area contributed by atoms with Crippen LogP contribution in [0.4, 0.5) is 14.5 Å². The zero-order valence-electron chi connectivity index (χ0n) is 17.7.